The summed E-state index contributed by atoms with van der Waals surface area (Å²) in [7, 11) is 13.1. The summed E-state index contributed by atoms with van der Waals surface area (Å²) >= 11 is -2.45. The Balaban J connectivity index is 2.35. The molecule has 0 nitrogen and oxygen atoms in total. The molecule has 0 spiro atoms. The van der Waals surface area contributed by atoms with E-state index in [2.05, 4.69) is 91.8 Å². The first-order valence-electron chi connectivity index (χ1n) is 10.5. The predicted molar refractivity (Wildman–Crippen MR) is 127 cm³/mol. The second kappa shape index (κ2) is 8.29. The summed E-state index contributed by atoms with van der Waals surface area (Å²) in [6, 6.07) is 11.8. The van der Waals surface area contributed by atoms with Crippen LogP contribution in [0.1, 0.15) is 86.8 Å². The van der Waals surface area contributed by atoms with Crippen LogP contribution in [0, 0.1) is 0 Å². The first kappa shape index (κ1) is 23.3. The van der Waals surface area contributed by atoms with Gasteiger partial charge in [-0.25, -0.2) is 0 Å². The predicted octanol–water partition coefficient (Wildman–Crippen LogP) is 8.89. The molecule has 1 aliphatic carbocycles. The van der Waals surface area contributed by atoms with E-state index in [0.717, 1.165) is 6.42 Å². The van der Waals surface area contributed by atoms with Gasteiger partial charge in [-0.2, -0.15) is 0 Å². The average molecular weight is 508 g/mol. The molecule has 2 aromatic rings. The van der Waals surface area contributed by atoms with Crippen molar-refractivity contribution in [3.63, 3.8) is 0 Å². The van der Waals surface area contributed by atoms with Crippen LogP contribution in [0.3, 0.4) is 0 Å². The molecular weight excluding hydrogens is 474 g/mol. The van der Waals surface area contributed by atoms with Gasteiger partial charge in [-0.1, -0.05) is 0 Å². The minimum absolute atomic E-state index is 0.0990. The van der Waals surface area contributed by atoms with Gasteiger partial charge in [0, 0.05) is 0 Å². The van der Waals surface area contributed by atoms with Crippen LogP contribution in [-0.4, -0.2) is 0 Å². The second-order valence-electron chi connectivity index (χ2n) is 10.4. The van der Waals surface area contributed by atoms with E-state index in [9.17, 15) is 0 Å². The molecule has 0 radical (unpaired) electrons. The van der Waals surface area contributed by atoms with Crippen molar-refractivity contribution in [3.8, 4) is 11.1 Å². The maximum atomic E-state index is 6.57. The Morgan fingerprint density at radius 2 is 1.45 bits per heavy atom. The Bertz CT molecular complexity index is 924. The molecule has 0 aromatic heterocycles. The molecule has 1 unspecified atom stereocenters. The molecule has 0 saturated carbocycles. The van der Waals surface area contributed by atoms with E-state index in [1.807, 2.05) is 0 Å². The van der Waals surface area contributed by atoms with Crippen molar-refractivity contribution in [2.75, 3.05) is 0 Å². The number of benzene rings is 2. The maximum absolute atomic E-state index is 6.57. The summed E-state index contributed by atoms with van der Waals surface area (Å²) in [5, 5.41) is 0. The van der Waals surface area contributed by atoms with E-state index in [1.165, 1.54) is 44.5 Å². The van der Waals surface area contributed by atoms with Crippen LogP contribution in [0.15, 0.2) is 35.9 Å². The number of hydrogen-bond donors (Lipinski definition) is 0. The van der Waals surface area contributed by atoms with Gasteiger partial charge in [0.25, 0.3) is 0 Å². The molecule has 0 bridgehead atoms. The van der Waals surface area contributed by atoms with Gasteiger partial charge in [-0.15, -0.1) is 0 Å². The third-order valence-electron chi connectivity index (χ3n) is 6.06. The zero-order valence-corrected chi connectivity index (χ0v) is 23.0. The molecule has 2 aromatic carbocycles. The number of halogens is 2. The Morgan fingerprint density at radius 1 is 0.897 bits per heavy atom. The molecule has 0 aliphatic heterocycles. The normalized spacial score (nSPS) is 16.6. The molecule has 0 heterocycles. The van der Waals surface area contributed by atoms with E-state index >= 15 is 0 Å². The molecule has 0 fully saturated rings. The molecule has 155 valence electrons. The Morgan fingerprint density at radius 3 is 1.90 bits per heavy atom. The fourth-order valence-electron chi connectivity index (χ4n) is 4.21. The number of allylic oxidation sites excluding steroid dienone is 1. The monoisotopic (exact) mass is 505 g/mol. The fourth-order valence-corrected chi connectivity index (χ4v) is 9.88. The van der Waals surface area contributed by atoms with Crippen molar-refractivity contribution in [2.45, 2.75) is 76.3 Å². The molecule has 3 rings (SSSR count). The molecule has 1 aliphatic rings. The molecular formula is C26H33Cl2Zr. The summed E-state index contributed by atoms with van der Waals surface area (Å²) in [5.74, 6) is 0. The standard InChI is InChI=1S/C26H33.2ClH.Zr/c1-9-18-10-11-19-12-17(2)13-23(19)24(18)20-14-21(25(3,4)5)16-22(15-20)26(6,7)8;;;/h10-16H,9H2,1-8H3;2*1H;/q;;;+2/p-2. The van der Waals surface area contributed by atoms with Gasteiger partial charge < -0.3 is 0 Å². The Labute approximate surface area is 192 Å². The van der Waals surface area contributed by atoms with Crippen molar-refractivity contribution in [1.29, 1.82) is 0 Å². The first-order valence-corrected chi connectivity index (χ1v) is 18.3. The van der Waals surface area contributed by atoms with Crippen LogP contribution in [0.4, 0.5) is 0 Å². The fraction of sp³-hybridized carbons (Fsp3) is 0.462. The van der Waals surface area contributed by atoms with Gasteiger partial charge in [0.05, 0.1) is 0 Å². The van der Waals surface area contributed by atoms with Crippen molar-refractivity contribution in [3.05, 3.63) is 63.7 Å². The van der Waals surface area contributed by atoms with Crippen LogP contribution in [0.2, 0.25) is 0 Å². The average Bonchev–Trinajstić information content (AvgIpc) is 2.94. The Hall–Kier alpha value is -0.357. The van der Waals surface area contributed by atoms with E-state index in [1.54, 1.807) is 0 Å². The summed E-state index contributed by atoms with van der Waals surface area (Å²) in [4.78, 5) is 0. The van der Waals surface area contributed by atoms with Crippen molar-refractivity contribution in [2.24, 2.45) is 0 Å². The molecule has 1 atom stereocenters. The summed E-state index contributed by atoms with van der Waals surface area (Å²) in [6.07, 6.45) is 3.36. The van der Waals surface area contributed by atoms with E-state index in [-0.39, 0.29) is 14.5 Å². The van der Waals surface area contributed by atoms with Gasteiger partial charge >= 0.3 is 194 Å². The molecule has 0 N–H and O–H groups in total. The number of rotatable bonds is 3. The SMILES string of the molecule is CCc1ccc2c(c1-c1cc(C(C)(C)C)cc(C(C)(C)C)c1)C=C(C)[CH]2[Zr]([Cl])[Cl]. The van der Waals surface area contributed by atoms with Crippen LogP contribution >= 0.6 is 17.0 Å². The third-order valence-corrected chi connectivity index (χ3v) is 11.6. The van der Waals surface area contributed by atoms with Gasteiger partial charge in [0.15, 0.2) is 0 Å². The third kappa shape index (κ3) is 4.63. The van der Waals surface area contributed by atoms with Crippen LogP contribution in [-0.2, 0) is 36.6 Å². The van der Waals surface area contributed by atoms with Crippen molar-refractivity contribution < 1.29 is 19.4 Å². The second-order valence-corrected chi connectivity index (χ2v) is 19.2. The minimum atomic E-state index is -2.45. The van der Waals surface area contributed by atoms with E-state index < -0.39 is 19.4 Å². The van der Waals surface area contributed by atoms with Crippen molar-refractivity contribution in [1.82, 2.24) is 0 Å². The van der Waals surface area contributed by atoms with Gasteiger partial charge in [-0.05, 0) is 0 Å². The van der Waals surface area contributed by atoms with E-state index in [4.69, 9.17) is 17.0 Å². The summed E-state index contributed by atoms with van der Waals surface area (Å²) in [5.41, 5.74) is 11.1. The van der Waals surface area contributed by atoms with Crippen molar-refractivity contribution >= 4 is 23.1 Å². The number of aryl methyl sites for hydroxylation is 1. The molecule has 0 saturated heterocycles. The quantitative estimate of drug-likeness (QED) is 0.389. The van der Waals surface area contributed by atoms with Gasteiger partial charge in [0.1, 0.15) is 0 Å². The van der Waals surface area contributed by atoms with Gasteiger partial charge in [-0.3, -0.25) is 0 Å². The first-order chi connectivity index (χ1) is 13.3. The van der Waals surface area contributed by atoms with Gasteiger partial charge in [0.2, 0.25) is 0 Å². The van der Waals surface area contributed by atoms with Crippen LogP contribution in [0.5, 0.6) is 0 Å². The number of fused-ring (bicyclic) bond motifs is 1. The zero-order valence-electron chi connectivity index (χ0n) is 19.0. The summed E-state index contributed by atoms with van der Waals surface area (Å²) < 4.78 is 0.272. The molecule has 29 heavy (non-hydrogen) atoms. The van der Waals surface area contributed by atoms with Crippen LogP contribution < -0.4 is 0 Å². The van der Waals surface area contributed by atoms with Crippen LogP contribution in [0.25, 0.3) is 17.2 Å². The summed E-state index contributed by atoms with van der Waals surface area (Å²) in [6.45, 7) is 18.2. The molecule has 3 heteroatoms. The molecule has 0 amide bonds. The van der Waals surface area contributed by atoms with E-state index in [0.29, 0.717) is 0 Å². The number of hydrogen-bond acceptors (Lipinski definition) is 0. The topological polar surface area (TPSA) is 0 Å². The Kier molecular flexibility index (Phi) is 6.67. The zero-order chi connectivity index (χ0) is 21.7.